The summed E-state index contributed by atoms with van der Waals surface area (Å²) < 4.78 is 5.98. The summed E-state index contributed by atoms with van der Waals surface area (Å²) in [7, 11) is 0. The molecule has 1 unspecified atom stereocenters. The van der Waals surface area contributed by atoms with Gasteiger partial charge in [-0.05, 0) is 67.5 Å². The SMILES string of the molecule is c1ccc2c(c1)CCOC2CNCC(C1CC1)C1CC1. The van der Waals surface area contributed by atoms with Gasteiger partial charge >= 0.3 is 0 Å². The van der Waals surface area contributed by atoms with E-state index in [1.54, 1.807) is 0 Å². The van der Waals surface area contributed by atoms with E-state index in [1.165, 1.54) is 43.4 Å². The number of benzene rings is 1. The Labute approximate surface area is 121 Å². The molecule has 20 heavy (non-hydrogen) atoms. The van der Waals surface area contributed by atoms with E-state index in [-0.39, 0.29) is 6.10 Å². The molecule has 2 saturated carbocycles. The first-order valence-corrected chi connectivity index (χ1v) is 8.32. The summed E-state index contributed by atoms with van der Waals surface area (Å²) in [5, 5.41) is 3.71. The maximum Gasteiger partial charge on any atom is 0.0952 e. The average molecular weight is 271 g/mol. The molecule has 3 aliphatic rings. The van der Waals surface area contributed by atoms with Crippen molar-refractivity contribution in [2.24, 2.45) is 17.8 Å². The van der Waals surface area contributed by atoms with E-state index in [4.69, 9.17) is 4.74 Å². The second-order valence-corrected chi connectivity index (χ2v) is 6.81. The molecule has 0 bridgehead atoms. The van der Waals surface area contributed by atoms with Crippen LogP contribution < -0.4 is 5.32 Å². The lowest BCUT2D eigenvalue weighted by Gasteiger charge is -2.27. The molecular weight excluding hydrogens is 246 g/mol. The Kier molecular flexibility index (Phi) is 3.53. The third-order valence-electron chi connectivity index (χ3n) is 5.26. The fraction of sp³-hybridized carbons (Fsp3) is 0.667. The summed E-state index contributed by atoms with van der Waals surface area (Å²) in [4.78, 5) is 0. The van der Waals surface area contributed by atoms with E-state index in [0.29, 0.717) is 0 Å². The van der Waals surface area contributed by atoms with Crippen LogP contribution >= 0.6 is 0 Å². The highest BCUT2D eigenvalue weighted by atomic mass is 16.5. The summed E-state index contributed by atoms with van der Waals surface area (Å²) in [5.74, 6) is 3.03. The van der Waals surface area contributed by atoms with Crippen molar-refractivity contribution in [3.05, 3.63) is 35.4 Å². The first-order valence-electron chi connectivity index (χ1n) is 8.32. The maximum absolute atomic E-state index is 5.98. The number of hydrogen-bond acceptors (Lipinski definition) is 2. The predicted molar refractivity (Wildman–Crippen MR) is 80.6 cm³/mol. The van der Waals surface area contributed by atoms with Crippen molar-refractivity contribution >= 4 is 0 Å². The quantitative estimate of drug-likeness (QED) is 0.857. The lowest BCUT2D eigenvalue weighted by molar-refractivity contribution is 0.0416. The topological polar surface area (TPSA) is 21.3 Å². The number of hydrogen-bond donors (Lipinski definition) is 1. The average Bonchev–Trinajstić information content (AvgIpc) is 3.38. The van der Waals surface area contributed by atoms with Crippen LogP contribution in [-0.4, -0.2) is 19.7 Å². The molecule has 0 aromatic heterocycles. The molecule has 2 nitrogen and oxygen atoms in total. The molecule has 4 rings (SSSR count). The minimum Gasteiger partial charge on any atom is -0.372 e. The third-order valence-corrected chi connectivity index (χ3v) is 5.26. The summed E-state index contributed by atoms with van der Waals surface area (Å²) in [5.41, 5.74) is 2.88. The van der Waals surface area contributed by atoms with E-state index < -0.39 is 0 Å². The number of nitrogens with one attached hydrogen (secondary N) is 1. The molecule has 0 amide bonds. The first-order chi connectivity index (χ1) is 9.92. The smallest absolute Gasteiger partial charge is 0.0952 e. The van der Waals surface area contributed by atoms with Crippen molar-refractivity contribution in [1.29, 1.82) is 0 Å². The molecule has 1 heterocycles. The highest BCUT2D eigenvalue weighted by Gasteiger charge is 2.40. The first kappa shape index (κ1) is 12.8. The molecule has 108 valence electrons. The highest BCUT2D eigenvalue weighted by molar-refractivity contribution is 5.31. The number of ether oxygens (including phenoxy) is 1. The summed E-state index contributed by atoms with van der Waals surface area (Å²) in [6.07, 6.45) is 7.24. The lowest BCUT2D eigenvalue weighted by Crippen LogP contribution is -2.32. The van der Waals surface area contributed by atoms with Gasteiger partial charge in [0.1, 0.15) is 0 Å². The Morgan fingerprint density at radius 1 is 1.10 bits per heavy atom. The van der Waals surface area contributed by atoms with Crippen LogP contribution in [0.15, 0.2) is 24.3 Å². The molecule has 1 aliphatic heterocycles. The van der Waals surface area contributed by atoms with Crippen molar-refractivity contribution in [2.45, 2.75) is 38.2 Å². The zero-order valence-corrected chi connectivity index (χ0v) is 12.2. The van der Waals surface area contributed by atoms with Crippen LogP contribution in [0.1, 0.15) is 42.9 Å². The second-order valence-electron chi connectivity index (χ2n) is 6.81. The largest absolute Gasteiger partial charge is 0.372 e. The fourth-order valence-electron chi connectivity index (χ4n) is 3.79. The van der Waals surface area contributed by atoms with E-state index in [2.05, 4.69) is 29.6 Å². The van der Waals surface area contributed by atoms with Crippen LogP contribution in [0.25, 0.3) is 0 Å². The van der Waals surface area contributed by atoms with Crippen molar-refractivity contribution in [1.82, 2.24) is 5.32 Å². The minimum absolute atomic E-state index is 0.263. The normalized spacial score (nSPS) is 25.8. The van der Waals surface area contributed by atoms with Gasteiger partial charge in [0.25, 0.3) is 0 Å². The maximum atomic E-state index is 5.98. The van der Waals surface area contributed by atoms with E-state index in [1.807, 2.05) is 0 Å². The van der Waals surface area contributed by atoms with Gasteiger partial charge in [0.15, 0.2) is 0 Å². The molecule has 1 atom stereocenters. The molecule has 1 aromatic carbocycles. The second kappa shape index (κ2) is 5.50. The standard InChI is InChI=1S/C18H25NO/c1-2-4-16-13(3-1)9-10-20-18(16)12-19-11-17(14-5-6-14)15-7-8-15/h1-4,14-15,17-19H,5-12H2. The summed E-state index contributed by atoms with van der Waals surface area (Å²) >= 11 is 0. The van der Waals surface area contributed by atoms with Gasteiger partial charge in [-0.25, -0.2) is 0 Å². The zero-order valence-electron chi connectivity index (χ0n) is 12.2. The lowest BCUT2D eigenvalue weighted by atomic mass is 9.96. The van der Waals surface area contributed by atoms with Crippen LogP contribution in [-0.2, 0) is 11.2 Å². The van der Waals surface area contributed by atoms with Gasteiger partial charge in [0.2, 0.25) is 0 Å². The van der Waals surface area contributed by atoms with Gasteiger partial charge in [-0.1, -0.05) is 24.3 Å². The van der Waals surface area contributed by atoms with Crippen LogP contribution in [0.4, 0.5) is 0 Å². The van der Waals surface area contributed by atoms with Gasteiger partial charge < -0.3 is 10.1 Å². The van der Waals surface area contributed by atoms with Gasteiger partial charge in [0.05, 0.1) is 12.7 Å². The molecule has 2 heteroatoms. The molecule has 0 saturated heterocycles. The number of rotatable bonds is 6. The van der Waals surface area contributed by atoms with Crippen molar-refractivity contribution < 1.29 is 4.74 Å². The third kappa shape index (κ3) is 2.77. The van der Waals surface area contributed by atoms with Gasteiger partial charge in [-0.3, -0.25) is 0 Å². The van der Waals surface area contributed by atoms with Gasteiger partial charge in [0, 0.05) is 6.54 Å². The van der Waals surface area contributed by atoms with Crippen LogP contribution in [0.3, 0.4) is 0 Å². The Balaban J connectivity index is 1.33. The van der Waals surface area contributed by atoms with Crippen molar-refractivity contribution in [3.8, 4) is 0 Å². The molecule has 0 spiro atoms. The van der Waals surface area contributed by atoms with Crippen LogP contribution in [0.2, 0.25) is 0 Å². The zero-order chi connectivity index (χ0) is 13.4. The Hall–Kier alpha value is -0.860. The van der Waals surface area contributed by atoms with Crippen LogP contribution in [0.5, 0.6) is 0 Å². The van der Waals surface area contributed by atoms with Crippen molar-refractivity contribution in [3.63, 3.8) is 0 Å². The van der Waals surface area contributed by atoms with E-state index >= 15 is 0 Å². The Morgan fingerprint density at radius 3 is 2.60 bits per heavy atom. The van der Waals surface area contributed by atoms with Crippen molar-refractivity contribution in [2.75, 3.05) is 19.7 Å². The Morgan fingerprint density at radius 2 is 1.85 bits per heavy atom. The monoisotopic (exact) mass is 271 g/mol. The highest BCUT2D eigenvalue weighted by Crippen LogP contribution is 2.48. The molecule has 1 aromatic rings. The molecule has 2 aliphatic carbocycles. The molecular formula is C18H25NO. The predicted octanol–water partition coefficient (Wildman–Crippen LogP) is 3.33. The molecule has 0 radical (unpaired) electrons. The molecule has 2 fully saturated rings. The van der Waals surface area contributed by atoms with Crippen LogP contribution in [0, 0.1) is 17.8 Å². The van der Waals surface area contributed by atoms with Gasteiger partial charge in [-0.15, -0.1) is 0 Å². The van der Waals surface area contributed by atoms with E-state index in [9.17, 15) is 0 Å². The summed E-state index contributed by atoms with van der Waals surface area (Å²) in [6.45, 7) is 3.06. The summed E-state index contributed by atoms with van der Waals surface area (Å²) in [6, 6.07) is 8.77. The van der Waals surface area contributed by atoms with Gasteiger partial charge in [-0.2, -0.15) is 0 Å². The van der Waals surface area contributed by atoms with E-state index in [0.717, 1.165) is 37.3 Å². The Bertz CT molecular complexity index is 452. The molecule has 1 N–H and O–H groups in total. The fourth-order valence-corrected chi connectivity index (χ4v) is 3.79. The number of fused-ring (bicyclic) bond motifs is 1. The minimum atomic E-state index is 0.263.